The molecule has 0 aromatic heterocycles. The smallest absolute Gasteiger partial charge is 0.407 e. The van der Waals surface area contributed by atoms with Gasteiger partial charge in [-0.1, -0.05) is 13.8 Å². The highest BCUT2D eigenvalue weighted by Gasteiger charge is 2.32. The normalized spacial score (nSPS) is 19.1. The number of piperidine rings is 1. The molecule has 138 valence electrons. The quantitative estimate of drug-likeness (QED) is 0.746. The summed E-state index contributed by atoms with van der Waals surface area (Å²) in [4.78, 5) is 37.8. The van der Waals surface area contributed by atoms with Gasteiger partial charge in [-0.3, -0.25) is 9.59 Å². The van der Waals surface area contributed by atoms with Gasteiger partial charge in [0.1, 0.15) is 6.04 Å². The zero-order valence-corrected chi connectivity index (χ0v) is 15.3. The molecule has 1 fully saturated rings. The fourth-order valence-electron chi connectivity index (χ4n) is 2.87. The summed E-state index contributed by atoms with van der Waals surface area (Å²) in [7, 11) is 1.27. The summed E-state index contributed by atoms with van der Waals surface area (Å²) in [5.41, 5.74) is 0. The number of ether oxygens (including phenoxy) is 2. The van der Waals surface area contributed by atoms with Crippen molar-refractivity contribution in [1.82, 2.24) is 10.2 Å². The molecule has 1 aliphatic rings. The van der Waals surface area contributed by atoms with Crippen LogP contribution in [-0.2, 0) is 19.1 Å². The van der Waals surface area contributed by atoms with Crippen LogP contribution in [-0.4, -0.2) is 55.2 Å². The van der Waals surface area contributed by atoms with Gasteiger partial charge in [0, 0.05) is 13.1 Å². The standard InChI is InChI=1S/C17H30N2O5/c1-11(2)15(18-17(22)23-5)16(21)19-8-6-7-13(10-19)9-14(20)24-12(3)4/h11-13,15H,6-10H2,1-5H3,(H,18,22). The summed E-state index contributed by atoms with van der Waals surface area (Å²) in [6.45, 7) is 8.54. The average Bonchev–Trinajstić information content (AvgIpc) is 2.50. The number of nitrogens with one attached hydrogen (secondary N) is 1. The van der Waals surface area contributed by atoms with Crippen molar-refractivity contribution in [3.8, 4) is 0 Å². The molecule has 2 unspecified atom stereocenters. The maximum absolute atomic E-state index is 12.7. The molecular formula is C17H30N2O5. The van der Waals surface area contributed by atoms with Crippen LogP contribution in [0.5, 0.6) is 0 Å². The first kappa shape index (κ1) is 20.3. The van der Waals surface area contributed by atoms with Gasteiger partial charge < -0.3 is 19.7 Å². The largest absolute Gasteiger partial charge is 0.463 e. The number of alkyl carbamates (subject to hydrolysis) is 1. The molecule has 7 heteroatoms. The zero-order chi connectivity index (χ0) is 18.3. The summed E-state index contributed by atoms with van der Waals surface area (Å²) < 4.78 is 9.78. The van der Waals surface area contributed by atoms with Gasteiger partial charge in [0.25, 0.3) is 0 Å². The summed E-state index contributed by atoms with van der Waals surface area (Å²) in [6.07, 6.45) is 1.31. The lowest BCUT2D eigenvalue weighted by atomic mass is 9.93. The van der Waals surface area contributed by atoms with Crippen LogP contribution in [0.4, 0.5) is 4.79 Å². The Bertz CT molecular complexity index is 450. The van der Waals surface area contributed by atoms with E-state index < -0.39 is 12.1 Å². The maximum Gasteiger partial charge on any atom is 0.407 e. The number of likely N-dealkylation sites (tertiary alicyclic amines) is 1. The second kappa shape index (κ2) is 9.49. The number of rotatable bonds is 6. The molecule has 7 nitrogen and oxygen atoms in total. The topological polar surface area (TPSA) is 84.9 Å². The van der Waals surface area contributed by atoms with Crippen LogP contribution in [0.2, 0.25) is 0 Å². The number of carbonyl (C=O) groups is 3. The Balaban J connectivity index is 2.65. The van der Waals surface area contributed by atoms with Gasteiger partial charge >= 0.3 is 12.1 Å². The molecule has 24 heavy (non-hydrogen) atoms. The highest BCUT2D eigenvalue weighted by Crippen LogP contribution is 2.22. The van der Waals surface area contributed by atoms with Crippen LogP contribution in [0.25, 0.3) is 0 Å². The molecule has 1 N–H and O–H groups in total. The Kier molecular flexibility index (Phi) is 8.01. The van der Waals surface area contributed by atoms with E-state index in [1.807, 2.05) is 27.7 Å². The minimum absolute atomic E-state index is 0.0529. The lowest BCUT2D eigenvalue weighted by Gasteiger charge is -2.35. The molecule has 2 atom stereocenters. The minimum Gasteiger partial charge on any atom is -0.463 e. The van der Waals surface area contributed by atoms with E-state index in [1.165, 1.54) is 7.11 Å². The number of carbonyl (C=O) groups excluding carboxylic acids is 3. The highest BCUT2D eigenvalue weighted by atomic mass is 16.5. The van der Waals surface area contributed by atoms with Crippen molar-refractivity contribution in [3.05, 3.63) is 0 Å². The number of esters is 1. The maximum atomic E-state index is 12.7. The molecule has 0 aliphatic carbocycles. The molecule has 0 aromatic carbocycles. The minimum atomic E-state index is -0.626. The Morgan fingerprint density at radius 1 is 1.21 bits per heavy atom. The average molecular weight is 342 g/mol. The summed E-state index contributed by atoms with van der Waals surface area (Å²) >= 11 is 0. The van der Waals surface area contributed by atoms with Gasteiger partial charge in [-0.2, -0.15) is 0 Å². The van der Waals surface area contributed by atoms with Crippen LogP contribution < -0.4 is 5.32 Å². The van der Waals surface area contributed by atoms with Crippen molar-refractivity contribution in [3.63, 3.8) is 0 Å². The van der Waals surface area contributed by atoms with Crippen LogP contribution in [0, 0.1) is 11.8 Å². The zero-order valence-electron chi connectivity index (χ0n) is 15.3. The number of hydrogen-bond donors (Lipinski definition) is 1. The fourth-order valence-corrected chi connectivity index (χ4v) is 2.87. The molecule has 0 radical (unpaired) electrons. The molecule has 0 bridgehead atoms. The fraction of sp³-hybridized carbons (Fsp3) is 0.824. The van der Waals surface area contributed by atoms with E-state index in [0.29, 0.717) is 19.5 Å². The van der Waals surface area contributed by atoms with Gasteiger partial charge in [0.05, 0.1) is 19.6 Å². The van der Waals surface area contributed by atoms with Gasteiger partial charge in [0.2, 0.25) is 5.91 Å². The predicted molar refractivity (Wildman–Crippen MR) is 89.3 cm³/mol. The number of hydrogen-bond acceptors (Lipinski definition) is 5. The van der Waals surface area contributed by atoms with E-state index in [-0.39, 0.29) is 29.8 Å². The first-order chi connectivity index (χ1) is 11.2. The predicted octanol–water partition coefficient (Wildman–Crippen LogP) is 1.95. The highest BCUT2D eigenvalue weighted by molar-refractivity contribution is 5.86. The van der Waals surface area contributed by atoms with E-state index in [9.17, 15) is 14.4 Å². The van der Waals surface area contributed by atoms with Crippen molar-refractivity contribution in [2.24, 2.45) is 11.8 Å². The molecule has 2 amide bonds. The number of nitrogens with zero attached hydrogens (tertiary/aromatic N) is 1. The summed E-state index contributed by atoms with van der Waals surface area (Å²) in [5.74, 6) is -0.308. The lowest BCUT2D eigenvalue weighted by molar-refractivity contribution is -0.150. The van der Waals surface area contributed by atoms with E-state index in [1.54, 1.807) is 4.90 Å². The third-order valence-corrected chi connectivity index (χ3v) is 4.04. The Morgan fingerprint density at radius 3 is 2.42 bits per heavy atom. The first-order valence-corrected chi connectivity index (χ1v) is 8.57. The monoisotopic (exact) mass is 342 g/mol. The van der Waals surface area contributed by atoms with Gasteiger partial charge in [-0.05, 0) is 38.5 Å². The lowest BCUT2D eigenvalue weighted by Crippen LogP contribution is -2.53. The van der Waals surface area contributed by atoms with Gasteiger partial charge in [0.15, 0.2) is 0 Å². The SMILES string of the molecule is COC(=O)NC(C(=O)N1CCCC(CC(=O)OC(C)C)C1)C(C)C. The van der Waals surface area contributed by atoms with E-state index in [4.69, 9.17) is 4.74 Å². The molecule has 1 rings (SSSR count). The third kappa shape index (κ3) is 6.37. The van der Waals surface area contributed by atoms with Crippen LogP contribution in [0.1, 0.15) is 47.0 Å². The molecule has 0 saturated carbocycles. The Hall–Kier alpha value is -1.79. The Labute approximate surface area is 144 Å². The van der Waals surface area contributed by atoms with E-state index in [2.05, 4.69) is 10.1 Å². The van der Waals surface area contributed by atoms with Crippen molar-refractivity contribution < 1.29 is 23.9 Å². The third-order valence-electron chi connectivity index (χ3n) is 4.04. The molecule has 1 saturated heterocycles. The van der Waals surface area contributed by atoms with Crippen LogP contribution in [0.15, 0.2) is 0 Å². The molecule has 0 spiro atoms. The second-order valence-corrected chi connectivity index (χ2v) is 6.89. The van der Waals surface area contributed by atoms with Crippen LogP contribution in [0.3, 0.4) is 0 Å². The number of methoxy groups -OCH3 is 1. The van der Waals surface area contributed by atoms with Crippen molar-refractivity contribution in [2.75, 3.05) is 20.2 Å². The van der Waals surface area contributed by atoms with Crippen molar-refractivity contribution in [2.45, 2.75) is 59.1 Å². The molecular weight excluding hydrogens is 312 g/mol. The first-order valence-electron chi connectivity index (χ1n) is 8.57. The number of amides is 2. The van der Waals surface area contributed by atoms with Gasteiger partial charge in [-0.25, -0.2) is 4.79 Å². The van der Waals surface area contributed by atoms with Gasteiger partial charge in [-0.15, -0.1) is 0 Å². The van der Waals surface area contributed by atoms with E-state index >= 15 is 0 Å². The van der Waals surface area contributed by atoms with E-state index in [0.717, 1.165) is 12.8 Å². The molecule has 1 aliphatic heterocycles. The van der Waals surface area contributed by atoms with Crippen molar-refractivity contribution >= 4 is 18.0 Å². The Morgan fingerprint density at radius 2 is 1.88 bits per heavy atom. The second-order valence-electron chi connectivity index (χ2n) is 6.89. The molecule has 1 heterocycles. The molecule has 0 aromatic rings. The summed E-state index contributed by atoms with van der Waals surface area (Å²) in [5, 5.41) is 2.60. The van der Waals surface area contributed by atoms with Crippen LogP contribution >= 0.6 is 0 Å². The summed E-state index contributed by atoms with van der Waals surface area (Å²) in [6, 6.07) is -0.626. The van der Waals surface area contributed by atoms with Crippen molar-refractivity contribution in [1.29, 1.82) is 0 Å².